The normalized spacial score (nSPS) is 24.4. The van der Waals surface area contributed by atoms with Gasteiger partial charge < -0.3 is 9.32 Å². The van der Waals surface area contributed by atoms with Crippen LogP contribution >= 0.6 is 0 Å². The van der Waals surface area contributed by atoms with Gasteiger partial charge in [-0.2, -0.15) is 0 Å². The molecule has 2 heterocycles. The molecule has 1 amide bonds. The van der Waals surface area contributed by atoms with Crippen LogP contribution in [0, 0.1) is 32.6 Å². The Kier molecular flexibility index (Phi) is 3.51. The van der Waals surface area contributed by atoms with Crippen LogP contribution in [0.1, 0.15) is 47.7 Å². The van der Waals surface area contributed by atoms with E-state index in [1.54, 1.807) is 0 Å². The molecule has 0 bridgehead atoms. The molecule has 18 heavy (non-hydrogen) atoms. The summed E-state index contributed by atoms with van der Waals surface area (Å²) in [7, 11) is 0. The summed E-state index contributed by atoms with van der Waals surface area (Å²) in [6.45, 7) is 11.9. The Morgan fingerprint density at radius 3 is 2.11 bits per heavy atom. The number of amides is 1. The average Bonchev–Trinajstić information content (AvgIpc) is 2.51. The first-order valence-electron chi connectivity index (χ1n) is 6.76. The fourth-order valence-corrected chi connectivity index (χ4v) is 3.10. The van der Waals surface area contributed by atoms with Crippen LogP contribution in [-0.4, -0.2) is 23.9 Å². The molecule has 1 fully saturated rings. The highest BCUT2D eigenvalue weighted by atomic mass is 16.3. The molecule has 0 radical (unpaired) electrons. The maximum absolute atomic E-state index is 12.6. The monoisotopic (exact) mass is 249 g/mol. The Labute approximate surface area is 109 Å². The van der Waals surface area contributed by atoms with Crippen molar-refractivity contribution in [3.63, 3.8) is 0 Å². The molecule has 1 saturated heterocycles. The van der Waals surface area contributed by atoms with E-state index in [4.69, 9.17) is 4.42 Å². The van der Waals surface area contributed by atoms with Crippen molar-refractivity contribution in [1.82, 2.24) is 4.90 Å². The lowest BCUT2D eigenvalue weighted by molar-refractivity contribution is 0.0620. The van der Waals surface area contributed by atoms with E-state index >= 15 is 0 Å². The molecule has 0 aromatic carbocycles. The Morgan fingerprint density at radius 1 is 1.11 bits per heavy atom. The van der Waals surface area contributed by atoms with E-state index in [1.807, 2.05) is 25.7 Å². The number of aryl methyl sites for hydroxylation is 2. The minimum atomic E-state index is 0.139. The van der Waals surface area contributed by atoms with Crippen molar-refractivity contribution < 1.29 is 9.21 Å². The molecular weight excluding hydrogens is 226 g/mol. The van der Waals surface area contributed by atoms with Crippen LogP contribution in [0.3, 0.4) is 0 Å². The molecule has 0 N–H and O–H groups in total. The lowest BCUT2D eigenvalue weighted by atomic mass is 9.91. The first-order chi connectivity index (χ1) is 8.40. The van der Waals surface area contributed by atoms with E-state index in [1.165, 1.54) is 6.42 Å². The second-order valence-corrected chi connectivity index (χ2v) is 5.87. The molecule has 100 valence electrons. The number of nitrogens with zero attached hydrogens (tertiary/aromatic N) is 1. The summed E-state index contributed by atoms with van der Waals surface area (Å²) in [6.07, 6.45) is 1.21. The predicted molar refractivity (Wildman–Crippen MR) is 71.8 cm³/mol. The number of piperidine rings is 1. The third-order valence-corrected chi connectivity index (χ3v) is 3.93. The van der Waals surface area contributed by atoms with Gasteiger partial charge in [-0.05, 0) is 39.0 Å². The Bertz CT molecular complexity index is 451. The van der Waals surface area contributed by atoms with Gasteiger partial charge in [0.1, 0.15) is 11.5 Å². The lowest BCUT2D eigenvalue weighted by Gasteiger charge is -2.35. The molecule has 0 aliphatic carbocycles. The van der Waals surface area contributed by atoms with Crippen LogP contribution in [0.15, 0.2) is 4.42 Å². The second kappa shape index (κ2) is 4.79. The van der Waals surface area contributed by atoms with E-state index in [0.717, 1.165) is 35.7 Å². The molecule has 2 atom stereocenters. The fraction of sp³-hybridized carbons (Fsp3) is 0.667. The molecule has 1 aliphatic rings. The van der Waals surface area contributed by atoms with Crippen LogP contribution < -0.4 is 0 Å². The van der Waals surface area contributed by atoms with Crippen LogP contribution in [0.2, 0.25) is 0 Å². The average molecular weight is 249 g/mol. The summed E-state index contributed by atoms with van der Waals surface area (Å²) in [5.41, 5.74) is 1.76. The molecular formula is C15H23NO2. The van der Waals surface area contributed by atoms with Gasteiger partial charge in [0.05, 0.1) is 5.56 Å². The summed E-state index contributed by atoms with van der Waals surface area (Å²) >= 11 is 0. The Morgan fingerprint density at radius 2 is 1.67 bits per heavy atom. The lowest BCUT2D eigenvalue weighted by Crippen LogP contribution is -2.42. The zero-order chi connectivity index (χ0) is 13.4. The highest BCUT2D eigenvalue weighted by Gasteiger charge is 2.29. The van der Waals surface area contributed by atoms with E-state index in [9.17, 15) is 4.79 Å². The van der Waals surface area contributed by atoms with Crippen molar-refractivity contribution in [2.24, 2.45) is 11.8 Å². The fourth-order valence-electron chi connectivity index (χ4n) is 3.10. The van der Waals surface area contributed by atoms with Gasteiger partial charge in [-0.3, -0.25) is 4.79 Å². The third kappa shape index (κ3) is 2.31. The van der Waals surface area contributed by atoms with Crippen LogP contribution in [-0.2, 0) is 0 Å². The van der Waals surface area contributed by atoms with Gasteiger partial charge in [0, 0.05) is 18.7 Å². The van der Waals surface area contributed by atoms with Gasteiger partial charge in [-0.25, -0.2) is 0 Å². The predicted octanol–water partition coefficient (Wildman–Crippen LogP) is 3.32. The van der Waals surface area contributed by atoms with Crippen molar-refractivity contribution in [2.75, 3.05) is 13.1 Å². The summed E-state index contributed by atoms with van der Waals surface area (Å²) in [5, 5.41) is 0. The third-order valence-electron chi connectivity index (χ3n) is 3.93. The van der Waals surface area contributed by atoms with E-state index in [0.29, 0.717) is 11.8 Å². The molecule has 2 rings (SSSR count). The number of rotatable bonds is 1. The van der Waals surface area contributed by atoms with Gasteiger partial charge in [-0.1, -0.05) is 13.8 Å². The van der Waals surface area contributed by atoms with Gasteiger partial charge in [0.2, 0.25) is 0 Å². The minimum Gasteiger partial charge on any atom is -0.466 e. The molecule has 0 saturated carbocycles. The standard InChI is InChI=1S/C15H23NO2/c1-9-6-10(2)8-16(7-9)15(17)14-11(3)12(4)18-13(14)5/h9-10H,6-8H2,1-5H3. The molecule has 1 aromatic rings. The minimum absolute atomic E-state index is 0.139. The number of hydrogen-bond acceptors (Lipinski definition) is 2. The molecule has 1 aromatic heterocycles. The van der Waals surface area contributed by atoms with Crippen molar-refractivity contribution in [3.8, 4) is 0 Å². The zero-order valence-corrected chi connectivity index (χ0v) is 12.0. The molecule has 0 spiro atoms. The molecule has 3 nitrogen and oxygen atoms in total. The maximum atomic E-state index is 12.6. The first-order valence-corrected chi connectivity index (χ1v) is 6.76. The van der Waals surface area contributed by atoms with E-state index in [2.05, 4.69) is 13.8 Å². The van der Waals surface area contributed by atoms with Crippen molar-refractivity contribution in [3.05, 3.63) is 22.6 Å². The largest absolute Gasteiger partial charge is 0.466 e. The SMILES string of the molecule is Cc1oc(C)c(C(=O)N2CC(C)CC(C)C2)c1C. The zero-order valence-electron chi connectivity index (χ0n) is 12.0. The summed E-state index contributed by atoms with van der Waals surface area (Å²) in [5.74, 6) is 2.92. The molecule has 2 unspecified atom stereocenters. The van der Waals surface area contributed by atoms with Gasteiger partial charge in [0.15, 0.2) is 0 Å². The topological polar surface area (TPSA) is 33.5 Å². The molecule has 1 aliphatic heterocycles. The van der Waals surface area contributed by atoms with Crippen LogP contribution in [0.4, 0.5) is 0 Å². The summed E-state index contributed by atoms with van der Waals surface area (Å²) in [4.78, 5) is 14.6. The number of hydrogen-bond donors (Lipinski definition) is 0. The van der Waals surface area contributed by atoms with Crippen LogP contribution in [0.5, 0.6) is 0 Å². The molecule has 3 heteroatoms. The summed E-state index contributed by atoms with van der Waals surface area (Å²) < 4.78 is 5.56. The second-order valence-electron chi connectivity index (χ2n) is 5.87. The Hall–Kier alpha value is -1.25. The highest BCUT2D eigenvalue weighted by molar-refractivity contribution is 5.97. The van der Waals surface area contributed by atoms with Gasteiger partial charge in [-0.15, -0.1) is 0 Å². The van der Waals surface area contributed by atoms with Gasteiger partial charge in [0.25, 0.3) is 5.91 Å². The smallest absolute Gasteiger partial charge is 0.257 e. The summed E-state index contributed by atoms with van der Waals surface area (Å²) in [6, 6.07) is 0. The highest BCUT2D eigenvalue weighted by Crippen LogP contribution is 2.26. The number of furan rings is 1. The van der Waals surface area contributed by atoms with Crippen molar-refractivity contribution in [2.45, 2.75) is 41.0 Å². The number of carbonyl (C=O) groups excluding carboxylic acids is 1. The van der Waals surface area contributed by atoms with Gasteiger partial charge >= 0.3 is 0 Å². The van der Waals surface area contributed by atoms with Crippen molar-refractivity contribution in [1.29, 1.82) is 0 Å². The number of likely N-dealkylation sites (tertiary alicyclic amines) is 1. The quantitative estimate of drug-likeness (QED) is 0.765. The van der Waals surface area contributed by atoms with E-state index < -0.39 is 0 Å². The van der Waals surface area contributed by atoms with Crippen LogP contribution in [0.25, 0.3) is 0 Å². The van der Waals surface area contributed by atoms with E-state index in [-0.39, 0.29) is 5.91 Å². The maximum Gasteiger partial charge on any atom is 0.257 e. The first kappa shape index (κ1) is 13.2. The Balaban J connectivity index is 2.25. The number of carbonyl (C=O) groups is 1. The van der Waals surface area contributed by atoms with Crippen molar-refractivity contribution >= 4 is 5.91 Å².